The van der Waals surface area contributed by atoms with Gasteiger partial charge in [-0.2, -0.15) is 0 Å². The van der Waals surface area contributed by atoms with Crippen LogP contribution < -0.4 is 0 Å². The van der Waals surface area contributed by atoms with Crippen molar-refractivity contribution in [3.05, 3.63) is 0 Å². The first-order valence-corrected chi connectivity index (χ1v) is 6.13. The molecular formula is C12H28N2. The van der Waals surface area contributed by atoms with Gasteiger partial charge in [0.05, 0.1) is 0 Å². The Kier molecular flexibility index (Phi) is 7.20. The highest BCUT2D eigenvalue weighted by Gasteiger charge is 2.36. The van der Waals surface area contributed by atoms with Crippen LogP contribution >= 0.6 is 0 Å². The molecule has 0 atom stereocenters. The van der Waals surface area contributed by atoms with Crippen LogP contribution in [-0.4, -0.2) is 50.1 Å². The summed E-state index contributed by atoms with van der Waals surface area (Å²) in [6, 6.07) is 0. The van der Waals surface area contributed by atoms with E-state index in [2.05, 4.69) is 23.9 Å². The van der Waals surface area contributed by atoms with Gasteiger partial charge < -0.3 is 9.80 Å². The van der Waals surface area contributed by atoms with Gasteiger partial charge in [0.25, 0.3) is 0 Å². The average Bonchev–Trinajstić information content (AvgIpc) is 2.67. The lowest BCUT2D eigenvalue weighted by Gasteiger charge is -2.12. The molecule has 0 bridgehead atoms. The summed E-state index contributed by atoms with van der Waals surface area (Å²) in [5.74, 6) is 1.96. The van der Waals surface area contributed by atoms with Gasteiger partial charge in [0.1, 0.15) is 0 Å². The minimum absolute atomic E-state index is 0.981. The smallest absolute Gasteiger partial charge is 0.00226 e. The van der Waals surface area contributed by atoms with Gasteiger partial charge in [-0.05, 0) is 25.9 Å². The molecule has 0 aromatic carbocycles. The van der Waals surface area contributed by atoms with Crippen molar-refractivity contribution in [1.29, 1.82) is 0 Å². The summed E-state index contributed by atoms with van der Waals surface area (Å²) in [5.41, 5.74) is 0. The lowest BCUT2D eigenvalue weighted by atomic mass is 10.0. The van der Waals surface area contributed by atoms with E-state index in [-0.39, 0.29) is 0 Å². The maximum absolute atomic E-state index is 2.46. The highest BCUT2D eigenvalue weighted by Crippen LogP contribution is 2.28. The largest absolute Gasteiger partial charge is 0.306 e. The Balaban J connectivity index is 0.000000379. The zero-order chi connectivity index (χ0) is 11.1. The van der Waals surface area contributed by atoms with Crippen molar-refractivity contribution >= 4 is 0 Å². The molecule has 0 saturated carbocycles. The second-order valence-electron chi connectivity index (χ2n) is 3.96. The molecule has 2 saturated heterocycles. The van der Waals surface area contributed by atoms with Crippen molar-refractivity contribution < 1.29 is 0 Å². The Morgan fingerprint density at radius 1 is 0.643 bits per heavy atom. The predicted octanol–water partition coefficient (Wildman–Crippen LogP) is 2.16. The van der Waals surface area contributed by atoms with Gasteiger partial charge in [0.2, 0.25) is 0 Å². The number of hydrogen-bond donors (Lipinski definition) is 0. The van der Waals surface area contributed by atoms with Crippen LogP contribution in [0, 0.1) is 11.8 Å². The van der Waals surface area contributed by atoms with E-state index in [1.807, 2.05) is 27.7 Å². The topological polar surface area (TPSA) is 6.48 Å². The van der Waals surface area contributed by atoms with E-state index in [1.54, 1.807) is 0 Å². The molecular weight excluding hydrogens is 172 g/mol. The maximum Gasteiger partial charge on any atom is 0.00226 e. The quantitative estimate of drug-likeness (QED) is 0.591. The van der Waals surface area contributed by atoms with Crippen LogP contribution in [0.1, 0.15) is 27.7 Å². The molecule has 2 rings (SSSR count). The number of likely N-dealkylation sites (tertiary alicyclic amines) is 2. The molecule has 14 heavy (non-hydrogen) atoms. The summed E-state index contributed by atoms with van der Waals surface area (Å²) in [4.78, 5) is 4.92. The summed E-state index contributed by atoms with van der Waals surface area (Å²) in [5, 5.41) is 0. The summed E-state index contributed by atoms with van der Waals surface area (Å²) < 4.78 is 0. The van der Waals surface area contributed by atoms with Crippen molar-refractivity contribution in [1.82, 2.24) is 9.80 Å². The highest BCUT2D eigenvalue weighted by molar-refractivity contribution is 4.90. The van der Waals surface area contributed by atoms with E-state index in [4.69, 9.17) is 0 Å². The molecule has 2 aliphatic rings. The average molecular weight is 200 g/mol. The predicted molar refractivity (Wildman–Crippen MR) is 64.7 cm³/mol. The summed E-state index contributed by atoms with van der Waals surface area (Å²) in [6.07, 6.45) is 0. The molecule has 2 fully saturated rings. The summed E-state index contributed by atoms with van der Waals surface area (Å²) in [7, 11) is 4.47. The minimum Gasteiger partial charge on any atom is -0.306 e. The van der Waals surface area contributed by atoms with Crippen molar-refractivity contribution in [2.75, 3.05) is 40.3 Å². The van der Waals surface area contributed by atoms with E-state index in [0.717, 1.165) is 11.8 Å². The van der Waals surface area contributed by atoms with Crippen molar-refractivity contribution in [3.8, 4) is 0 Å². The lowest BCUT2D eigenvalue weighted by Crippen LogP contribution is -2.23. The standard InChI is InChI=1S/C8H16N2.2C2H6/c1-9-3-7-5-10(2)6-8(7)4-9;2*1-2/h7-8H,3-6H2,1-2H3;2*1-2H3. The van der Waals surface area contributed by atoms with Crippen LogP contribution in [0.4, 0.5) is 0 Å². The van der Waals surface area contributed by atoms with Gasteiger partial charge in [0.15, 0.2) is 0 Å². The van der Waals surface area contributed by atoms with Gasteiger partial charge in [-0.25, -0.2) is 0 Å². The van der Waals surface area contributed by atoms with Crippen LogP contribution in [0.25, 0.3) is 0 Å². The third kappa shape index (κ3) is 3.58. The fourth-order valence-corrected chi connectivity index (χ4v) is 2.46. The molecule has 0 spiro atoms. The Labute approximate surface area is 90.3 Å². The van der Waals surface area contributed by atoms with Crippen LogP contribution in [0.3, 0.4) is 0 Å². The molecule has 2 heterocycles. The zero-order valence-electron chi connectivity index (χ0n) is 10.9. The molecule has 0 aromatic rings. The van der Waals surface area contributed by atoms with Crippen molar-refractivity contribution in [2.24, 2.45) is 11.8 Å². The SMILES string of the molecule is CC.CC.CN1CC2CN(C)CC2C1. The third-order valence-electron chi connectivity index (χ3n) is 2.85. The Hall–Kier alpha value is -0.0800. The zero-order valence-corrected chi connectivity index (χ0v) is 10.9. The molecule has 86 valence electrons. The second kappa shape index (κ2) is 7.24. The number of fused-ring (bicyclic) bond motifs is 1. The lowest BCUT2D eigenvalue weighted by molar-refractivity contribution is 0.316. The normalized spacial score (nSPS) is 31.3. The molecule has 0 radical (unpaired) electrons. The van der Waals surface area contributed by atoms with E-state index in [1.165, 1.54) is 26.2 Å². The minimum atomic E-state index is 0.981. The molecule has 0 amide bonds. The second-order valence-corrected chi connectivity index (χ2v) is 3.96. The van der Waals surface area contributed by atoms with Gasteiger partial charge >= 0.3 is 0 Å². The van der Waals surface area contributed by atoms with Gasteiger partial charge in [-0.3, -0.25) is 0 Å². The first kappa shape index (κ1) is 13.9. The fraction of sp³-hybridized carbons (Fsp3) is 1.00. The van der Waals surface area contributed by atoms with Gasteiger partial charge in [-0.1, -0.05) is 27.7 Å². The van der Waals surface area contributed by atoms with Crippen molar-refractivity contribution in [2.45, 2.75) is 27.7 Å². The molecule has 0 unspecified atom stereocenters. The first-order chi connectivity index (χ1) is 6.75. The Morgan fingerprint density at radius 3 is 1.07 bits per heavy atom. The summed E-state index contributed by atoms with van der Waals surface area (Å²) in [6.45, 7) is 13.3. The first-order valence-electron chi connectivity index (χ1n) is 6.13. The third-order valence-corrected chi connectivity index (χ3v) is 2.85. The molecule has 0 aromatic heterocycles. The monoisotopic (exact) mass is 200 g/mol. The highest BCUT2D eigenvalue weighted by atomic mass is 15.2. The van der Waals surface area contributed by atoms with E-state index < -0.39 is 0 Å². The van der Waals surface area contributed by atoms with E-state index in [9.17, 15) is 0 Å². The molecule has 0 aliphatic carbocycles. The maximum atomic E-state index is 2.46. The van der Waals surface area contributed by atoms with Crippen LogP contribution in [0.2, 0.25) is 0 Å². The molecule has 2 aliphatic heterocycles. The molecule has 2 nitrogen and oxygen atoms in total. The van der Waals surface area contributed by atoms with Crippen LogP contribution in [0.15, 0.2) is 0 Å². The van der Waals surface area contributed by atoms with Gasteiger partial charge in [-0.15, -0.1) is 0 Å². The summed E-state index contributed by atoms with van der Waals surface area (Å²) >= 11 is 0. The van der Waals surface area contributed by atoms with E-state index >= 15 is 0 Å². The molecule has 0 N–H and O–H groups in total. The van der Waals surface area contributed by atoms with Crippen molar-refractivity contribution in [3.63, 3.8) is 0 Å². The molecule has 2 heteroatoms. The fourth-order valence-electron chi connectivity index (χ4n) is 2.46. The van der Waals surface area contributed by atoms with Crippen LogP contribution in [0.5, 0.6) is 0 Å². The Morgan fingerprint density at radius 2 is 0.857 bits per heavy atom. The van der Waals surface area contributed by atoms with Gasteiger partial charge in [0, 0.05) is 26.2 Å². The Bertz CT molecular complexity index is 108. The number of rotatable bonds is 0. The number of hydrogen-bond acceptors (Lipinski definition) is 2. The van der Waals surface area contributed by atoms with Crippen LogP contribution in [-0.2, 0) is 0 Å². The number of nitrogens with zero attached hydrogens (tertiary/aromatic N) is 2. The van der Waals surface area contributed by atoms with E-state index in [0.29, 0.717) is 0 Å².